The van der Waals surface area contributed by atoms with Crippen LogP contribution in [0, 0.1) is 23.2 Å². The van der Waals surface area contributed by atoms with E-state index in [0.717, 1.165) is 37.5 Å². The number of aryl methyl sites for hydroxylation is 1. The number of carbonyl (C=O) groups is 1. The second kappa shape index (κ2) is 6.49. The number of carbonyl (C=O) groups excluding carboxylic acids is 1. The molecule has 5 heteroatoms. The molecule has 1 N–H and O–H groups in total. The molecule has 3 rings (SSSR count). The van der Waals surface area contributed by atoms with Crippen LogP contribution in [0.15, 0.2) is 0 Å². The number of hydrogen-bond acceptors (Lipinski definition) is 4. The fourth-order valence-corrected chi connectivity index (χ4v) is 4.09. The zero-order valence-corrected chi connectivity index (χ0v) is 16.7. The van der Waals surface area contributed by atoms with Gasteiger partial charge >= 0.3 is 0 Å². The van der Waals surface area contributed by atoms with Gasteiger partial charge in [0.15, 0.2) is 0 Å². The van der Waals surface area contributed by atoms with Gasteiger partial charge in [0, 0.05) is 17.4 Å². The standard InChI is InChI=1S/C20H34N4O/c1-19(2,3)18(25)11-15-13-7-9-16-17(10-8-14(13)15)24(23-22-16)12-21-20(4,5)6/h13-15,21H,7-12H2,1-6H3. The summed E-state index contributed by atoms with van der Waals surface area (Å²) in [6, 6.07) is 0. The maximum absolute atomic E-state index is 12.4. The van der Waals surface area contributed by atoms with E-state index in [4.69, 9.17) is 0 Å². The molecule has 1 fully saturated rings. The molecule has 0 aromatic carbocycles. The summed E-state index contributed by atoms with van der Waals surface area (Å²) in [5.74, 6) is 2.46. The SMILES string of the molecule is CC(C)(C)NCn1nnc2c1CCC1C(CC2)C1CC(=O)C(C)(C)C. The zero-order chi connectivity index (χ0) is 18.4. The molecule has 1 aromatic rings. The van der Waals surface area contributed by atoms with Crippen LogP contribution in [0.2, 0.25) is 0 Å². The highest BCUT2D eigenvalue weighted by molar-refractivity contribution is 5.84. The van der Waals surface area contributed by atoms with Gasteiger partial charge in [-0.1, -0.05) is 26.0 Å². The van der Waals surface area contributed by atoms with Crippen molar-refractivity contribution in [2.45, 2.75) is 85.9 Å². The van der Waals surface area contributed by atoms with Crippen molar-refractivity contribution in [1.29, 1.82) is 0 Å². The summed E-state index contributed by atoms with van der Waals surface area (Å²) in [4.78, 5) is 12.4. The van der Waals surface area contributed by atoms with Crippen molar-refractivity contribution in [3.63, 3.8) is 0 Å². The van der Waals surface area contributed by atoms with Gasteiger partial charge in [0.05, 0.1) is 18.1 Å². The highest BCUT2D eigenvalue weighted by Crippen LogP contribution is 2.55. The first-order valence-corrected chi connectivity index (χ1v) is 9.76. The molecule has 0 bridgehead atoms. The molecule has 1 aromatic heterocycles. The number of Topliss-reactive ketones (excluding diaryl/α,β-unsaturated/α-hetero) is 1. The van der Waals surface area contributed by atoms with Gasteiger partial charge in [-0.25, -0.2) is 4.68 Å². The van der Waals surface area contributed by atoms with Crippen molar-refractivity contribution in [3.8, 4) is 0 Å². The molecule has 5 nitrogen and oxygen atoms in total. The number of fused-ring (bicyclic) bond motifs is 2. The normalized spacial score (nSPS) is 26.4. The molecule has 0 spiro atoms. The molecule has 25 heavy (non-hydrogen) atoms. The van der Waals surface area contributed by atoms with E-state index in [0.29, 0.717) is 18.4 Å². The van der Waals surface area contributed by atoms with Crippen LogP contribution in [0.5, 0.6) is 0 Å². The van der Waals surface area contributed by atoms with Crippen molar-refractivity contribution in [2.24, 2.45) is 23.2 Å². The van der Waals surface area contributed by atoms with E-state index in [-0.39, 0.29) is 11.0 Å². The van der Waals surface area contributed by atoms with Crippen LogP contribution in [-0.4, -0.2) is 26.3 Å². The van der Waals surface area contributed by atoms with Crippen molar-refractivity contribution < 1.29 is 4.79 Å². The molecular weight excluding hydrogens is 312 g/mol. The lowest BCUT2D eigenvalue weighted by Gasteiger charge is -2.21. The predicted octanol–water partition coefficient (Wildman–Crippen LogP) is 3.37. The van der Waals surface area contributed by atoms with Gasteiger partial charge in [0.25, 0.3) is 0 Å². The first kappa shape index (κ1) is 18.6. The molecule has 0 amide bonds. The smallest absolute Gasteiger partial charge is 0.138 e. The van der Waals surface area contributed by atoms with Crippen molar-refractivity contribution in [3.05, 3.63) is 11.4 Å². The summed E-state index contributed by atoms with van der Waals surface area (Å²) in [5.41, 5.74) is 2.33. The van der Waals surface area contributed by atoms with Crippen LogP contribution in [0.4, 0.5) is 0 Å². The molecule has 0 saturated heterocycles. The van der Waals surface area contributed by atoms with Crippen LogP contribution in [0.25, 0.3) is 0 Å². The second-order valence-electron chi connectivity index (χ2n) is 10.0. The van der Waals surface area contributed by atoms with Gasteiger partial charge in [-0.2, -0.15) is 0 Å². The van der Waals surface area contributed by atoms with Crippen LogP contribution < -0.4 is 5.32 Å². The Balaban J connectivity index is 1.62. The Bertz CT molecular complexity index is 635. The van der Waals surface area contributed by atoms with E-state index in [1.807, 2.05) is 25.5 Å². The number of nitrogens with one attached hydrogen (secondary N) is 1. The minimum absolute atomic E-state index is 0.0699. The third kappa shape index (κ3) is 4.30. The van der Waals surface area contributed by atoms with Gasteiger partial charge < -0.3 is 0 Å². The second-order valence-corrected chi connectivity index (χ2v) is 10.0. The zero-order valence-electron chi connectivity index (χ0n) is 16.7. The Morgan fingerprint density at radius 2 is 1.76 bits per heavy atom. The quantitative estimate of drug-likeness (QED) is 0.908. The maximum atomic E-state index is 12.4. The lowest BCUT2D eigenvalue weighted by molar-refractivity contribution is -0.126. The fourth-order valence-electron chi connectivity index (χ4n) is 4.09. The number of hydrogen-bond donors (Lipinski definition) is 1. The predicted molar refractivity (Wildman–Crippen MR) is 99.1 cm³/mol. The fraction of sp³-hybridized carbons (Fsp3) is 0.850. The first-order valence-electron chi connectivity index (χ1n) is 9.76. The van der Waals surface area contributed by atoms with Crippen molar-refractivity contribution in [1.82, 2.24) is 20.3 Å². The Labute approximate surface area is 151 Å². The number of aromatic nitrogens is 3. The van der Waals surface area contributed by atoms with Gasteiger partial charge in [-0.3, -0.25) is 10.1 Å². The minimum atomic E-state index is -0.207. The Kier molecular flexibility index (Phi) is 4.82. The van der Waals surface area contributed by atoms with Gasteiger partial charge in [-0.15, -0.1) is 5.10 Å². The topological polar surface area (TPSA) is 59.8 Å². The highest BCUT2D eigenvalue weighted by Gasteiger charge is 2.51. The lowest BCUT2D eigenvalue weighted by atomic mass is 9.87. The van der Waals surface area contributed by atoms with Gasteiger partial charge in [0.1, 0.15) is 5.78 Å². The van der Waals surface area contributed by atoms with Gasteiger partial charge in [0.2, 0.25) is 0 Å². The highest BCUT2D eigenvalue weighted by atomic mass is 16.1. The number of ketones is 1. The Morgan fingerprint density at radius 3 is 2.36 bits per heavy atom. The number of nitrogens with zero attached hydrogens (tertiary/aromatic N) is 3. The molecule has 0 radical (unpaired) electrons. The van der Waals surface area contributed by atoms with Crippen LogP contribution in [-0.2, 0) is 24.3 Å². The molecule has 3 unspecified atom stereocenters. The van der Waals surface area contributed by atoms with E-state index in [1.165, 1.54) is 17.8 Å². The van der Waals surface area contributed by atoms with E-state index in [9.17, 15) is 4.79 Å². The molecule has 140 valence electrons. The summed E-state index contributed by atoms with van der Waals surface area (Å²) < 4.78 is 2.04. The average molecular weight is 347 g/mol. The summed E-state index contributed by atoms with van der Waals surface area (Å²) in [6.45, 7) is 13.3. The van der Waals surface area contributed by atoms with E-state index in [2.05, 4.69) is 36.4 Å². The van der Waals surface area contributed by atoms with Crippen LogP contribution in [0.3, 0.4) is 0 Å². The van der Waals surface area contributed by atoms with E-state index in [1.54, 1.807) is 0 Å². The molecule has 3 atom stereocenters. The third-order valence-electron chi connectivity index (χ3n) is 5.87. The molecule has 1 saturated carbocycles. The molecule has 1 heterocycles. The summed E-state index contributed by atoms with van der Waals surface area (Å²) in [6.07, 6.45) is 5.13. The largest absolute Gasteiger partial charge is 0.299 e. The summed E-state index contributed by atoms with van der Waals surface area (Å²) in [7, 11) is 0. The third-order valence-corrected chi connectivity index (χ3v) is 5.87. The van der Waals surface area contributed by atoms with Gasteiger partial charge in [-0.05, 0) is 64.2 Å². The number of rotatable bonds is 4. The lowest BCUT2D eigenvalue weighted by Crippen LogP contribution is -2.37. The molecule has 2 aliphatic carbocycles. The molecular formula is C20H34N4O. The van der Waals surface area contributed by atoms with Crippen LogP contribution in [0.1, 0.15) is 72.2 Å². The van der Waals surface area contributed by atoms with Crippen molar-refractivity contribution in [2.75, 3.05) is 0 Å². The average Bonchev–Trinajstić information content (AvgIpc) is 2.94. The molecule has 0 aliphatic heterocycles. The monoisotopic (exact) mass is 346 g/mol. The van der Waals surface area contributed by atoms with Crippen molar-refractivity contribution >= 4 is 5.78 Å². The van der Waals surface area contributed by atoms with E-state index < -0.39 is 0 Å². The Morgan fingerprint density at radius 1 is 1.12 bits per heavy atom. The Hall–Kier alpha value is -1.23. The molecule has 2 aliphatic rings. The summed E-state index contributed by atoms with van der Waals surface area (Å²) >= 11 is 0. The minimum Gasteiger partial charge on any atom is -0.299 e. The van der Waals surface area contributed by atoms with Crippen LogP contribution >= 0.6 is 0 Å². The van der Waals surface area contributed by atoms with E-state index >= 15 is 0 Å². The summed E-state index contributed by atoms with van der Waals surface area (Å²) in [5, 5.41) is 12.3. The first-order chi connectivity index (χ1) is 11.6. The maximum Gasteiger partial charge on any atom is 0.138 e.